The molecule has 1 heterocycles. The van der Waals surface area contributed by atoms with E-state index < -0.39 is 80.1 Å². The van der Waals surface area contributed by atoms with Gasteiger partial charge in [-0.05, 0) is 46.5 Å². The summed E-state index contributed by atoms with van der Waals surface area (Å²) in [4.78, 5) is 101. The highest BCUT2D eigenvalue weighted by molar-refractivity contribution is 5.82. The number of ether oxygens (including phenoxy) is 8. The summed E-state index contributed by atoms with van der Waals surface area (Å²) < 4.78 is 42.7. The van der Waals surface area contributed by atoms with E-state index in [1.165, 1.54) is 25.1 Å². The van der Waals surface area contributed by atoms with E-state index in [1.807, 2.05) is 109 Å². The zero-order valence-electron chi connectivity index (χ0n) is 44.1. The fourth-order valence-corrected chi connectivity index (χ4v) is 7.46. The SMILES string of the molecule is C=CC(=O)OCCNC(=O)OCC(COC(=O)NCCOC(=O)C=C)(COC(=O)C(C)Oc1ccc(-c2nc(-c3ccc(-c4ccccc4)cc3)nc(-c3ccc(-c4ccccc4)cc3)n2)c(O)c1)CC(N=O)OCCOC(=O)C=C. The van der Waals surface area contributed by atoms with Crippen molar-refractivity contribution in [1.29, 1.82) is 0 Å². The summed E-state index contributed by atoms with van der Waals surface area (Å²) in [7, 11) is 0. The van der Waals surface area contributed by atoms with E-state index in [4.69, 9.17) is 52.8 Å². The van der Waals surface area contributed by atoms with Gasteiger partial charge < -0.3 is 53.6 Å². The first-order chi connectivity index (χ1) is 39.2. The molecule has 0 saturated heterocycles. The van der Waals surface area contributed by atoms with E-state index >= 15 is 0 Å². The van der Waals surface area contributed by atoms with E-state index in [1.54, 1.807) is 0 Å². The Kier molecular flexibility index (Phi) is 22.8. The number of aromatic nitrogens is 3. The number of aromatic hydroxyl groups is 1. The maximum atomic E-state index is 13.8. The molecule has 0 radical (unpaired) electrons. The van der Waals surface area contributed by atoms with Gasteiger partial charge in [0.25, 0.3) is 0 Å². The van der Waals surface area contributed by atoms with Crippen molar-refractivity contribution in [3.05, 3.63) is 170 Å². The van der Waals surface area contributed by atoms with Crippen molar-refractivity contribution in [3.63, 3.8) is 0 Å². The summed E-state index contributed by atoms with van der Waals surface area (Å²) in [5.74, 6) is -2.78. The second-order valence-corrected chi connectivity index (χ2v) is 17.5. The second kappa shape index (κ2) is 30.7. The van der Waals surface area contributed by atoms with Crippen LogP contribution >= 0.6 is 0 Å². The Morgan fingerprint density at radius 1 is 0.556 bits per heavy atom. The number of nitrogens with one attached hydrogen (secondary N) is 2. The number of hydrogen-bond acceptors (Lipinski definition) is 20. The highest BCUT2D eigenvalue weighted by atomic mass is 16.6. The maximum absolute atomic E-state index is 13.8. The van der Waals surface area contributed by atoms with Crippen LogP contribution in [0, 0.1) is 10.3 Å². The molecular formula is C59H58N6O16. The number of nitroso groups, excluding NO2 is 1. The lowest BCUT2D eigenvalue weighted by Gasteiger charge is -2.33. The number of rotatable bonds is 30. The van der Waals surface area contributed by atoms with Crippen molar-refractivity contribution in [2.75, 3.05) is 59.3 Å². The minimum atomic E-state index is -1.82. The standard InChI is InChI=1S/C59H58N6O16/c1-5-50(67)75-30-28-60-57(71)79-37-59(35-49(65-73)74-32-33-77-52(69)7-3,38-80-58(72)61-29-31-76-51(68)6-2)36-78-56(70)39(4)81-46-26-27-47(48(66)34-46)55-63-53(44-22-18-42(19-23-44)40-14-10-8-11-15-40)62-54(64-55)45-24-20-43(21-25-45)41-16-12-9-13-17-41/h5-27,34,39,49,66H,1-3,28-33,35-38H2,4H3,(H,60,71)(H,61,72). The zero-order valence-corrected chi connectivity index (χ0v) is 44.1. The molecule has 3 N–H and O–H groups in total. The lowest BCUT2D eigenvalue weighted by atomic mass is 9.86. The van der Waals surface area contributed by atoms with Gasteiger partial charge in [0.15, 0.2) is 29.8 Å². The summed E-state index contributed by atoms with van der Waals surface area (Å²) in [5, 5.41) is 19.3. The number of esters is 4. The number of alkyl carbamates (subject to hydrolysis) is 2. The van der Waals surface area contributed by atoms with Crippen LogP contribution in [0.3, 0.4) is 0 Å². The molecular weight excluding hydrogens is 1050 g/mol. The average Bonchev–Trinajstić information content (AvgIpc) is 3.66. The van der Waals surface area contributed by atoms with Gasteiger partial charge in [-0.1, -0.05) is 129 Å². The monoisotopic (exact) mass is 1110 g/mol. The molecule has 6 rings (SSSR count). The van der Waals surface area contributed by atoms with Gasteiger partial charge in [-0.2, -0.15) is 0 Å². The molecule has 2 amide bonds. The number of phenols is 1. The van der Waals surface area contributed by atoms with Crippen molar-refractivity contribution in [2.45, 2.75) is 25.7 Å². The Morgan fingerprint density at radius 3 is 1.44 bits per heavy atom. The van der Waals surface area contributed by atoms with Crippen molar-refractivity contribution in [1.82, 2.24) is 25.6 Å². The highest BCUT2D eigenvalue weighted by Gasteiger charge is 2.40. The van der Waals surface area contributed by atoms with Gasteiger partial charge >= 0.3 is 36.1 Å². The fourth-order valence-electron chi connectivity index (χ4n) is 7.46. The fraction of sp³-hybridized carbons (Fsp3) is 0.237. The number of nitrogens with zero attached hydrogens (tertiary/aromatic N) is 4. The van der Waals surface area contributed by atoms with Crippen LogP contribution in [-0.2, 0) is 52.3 Å². The maximum Gasteiger partial charge on any atom is 0.407 e. The Morgan fingerprint density at radius 2 is 0.988 bits per heavy atom. The minimum Gasteiger partial charge on any atom is -0.507 e. The van der Waals surface area contributed by atoms with Crippen molar-refractivity contribution >= 4 is 36.1 Å². The van der Waals surface area contributed by atoms with E-state index in [0.29, 0.717) is 22.8 Å². The minimum absolute atomic E-state index is 0.0165. The molecule has 0 fully saturated rings. The number of benzene rings is 5. The molecule has 81 heavy (non-hydrogen) atoms. The van der Waals surface area contributed by atoms with Crippen LogP contribution in [0.1, 0.15) is 13.3 Å². The Balaban J connectivity index is 1.23. The highest BCUT2D eigenvalue weighted by Crippen LogP contribution is 2.35. The van der Waals surface area contributed by atoms with Crippen molar-refractivity contribution < 1.29 is 71.8 Å². The Labute approximate surface area is 465 Å². The first-order valence-corrected chi connectivity index (χ1v) is 25.1. The van der Waals surface area contributed by atoms with Gasteiger partial charge in [0.2, 0.25) is 0 Å². The average molecular weight is 1110 g/mol. The molecule has 22 nitrogen and oxygen atoms in total. The molecule has 0 spiro atoms. The third kappa shape index (κ3) is 18.8. The largest absolute Gasteiger partial charge is 0.507 e. The van der Waals surface area contributed by atoms with Crippen molar-refractivity contribution in [3.8, 4) is 67.9 Å². The molecule has 5 aromatic carbocycles. The predicted molar refractivity (Wildman–Crippen MR) is 294 cm³/mol. The molecule has 2 unspecified atom stereocenters. The van der Waals surface area contributed by atoms with Crippen LogP contribution < -0.4 is 15.4 Å². The number of amides is 2. The lowest BCUT2D eigenvalue weighted by molar-refractivity contribution is -0.159. The van der Waals surface area contributed by atoms with Crippen LogP contribution in [-0.4, -0.2) is 128 Å². The summed E-state index contributed by atoms with van der Waals surface area (Å²) in [6.07, 6.45) is -2.93. The summed E-state index contributed by atoms with van der Waals surface area (Å²) in [6.45, 7) is 7.41. The first-order valence-electron chi connectivity index (χ1n) is 25.1. The van der Waals surface area contributed by atoms with Crippen molar-refractivity contribution in [2.24, 2.45) is 10.6 Å². The number of hydrogen-bond donors (Lipinski definition) is 3. The molecule has 22 heteroatoms. The number of carbonyl (C=O) groups excluding carboxylic acids is 6. The van der Waals surface area contributed by atoms with Crippen LogP contribution in [0.25, 0.3) is 56.4 Å². The smallest absolute Gasteiger partial charge is 0.407 e. The molecule has 0 saturated carbocycles. The number of carbonyl (C=O) groups is 6. The third-order valence-corrected chi connectivity index (χ3v) is 11.6. The topological polar surface area (TPSA) is 289 Å². The molecule has 2 atom stereocenters. The normalized spacial score (nSPS) is 11.5. The molecule has 420 valence electrons. The summed E-state index contributed by atoms with van der Waals surface area (Å²) in [5.41, 5.74) is 3.79. The van der Waals surface area contributed by atoms with E-state index in [0.717, 1.165) is 40.5 Å². The van der Waals surface area contributed by atoms with E-state index in [9.17, 15) is 38.8 Å². The van der Waals surface area contributed by atoms with Gasteiger partial charge in [-0.25, -0.2) is 43.7 Å². The lowest BCUT2D eigenvalue weighted by Crippen LogP contribution is -2.45. The summed E-state index contributed by atoms with van der Waals surface area (Å²) in [6, 6.07) is 39.5. The Hall–Kier alpha value is -10.1. The van der Waals surface area contributed by atoms with Crippen LogP contribution in [0.4, 0.5) is 9.59 Å². The first kappa shape index (κ1) is 60.1. The number of phenolic OH excluding ortho intramolecular Hbond substituents is 1. The van der Waals surface area contributed by atoms with E-state index in [-0.39, 0.29) is 62.4 Å². The molecule has 0 aliphatic rings. The van der Waals surface area contributed by atoms with Gasteiger partial charge in [0, 0.05) is 41.8 Å². The quantitative estimate of drug-likeness (QED) is 0.0125. The molecule has 0 bridgehead atoms. The summed E-state index contributed by atoms with van der Waals surface area (Å²) >= 11 is 0. The third-order valence-electron chi connectivity index (χ3n) is 11.6. The second-order valence-electron chi connectivity index (χ2n) is 17.5. The van der Waals surface area contributed by atoms with Crippen LogP contribution in [0.5, 0.6) is 11.5 Å². The van der Waals surface area contributed by atoms with Crippen LogP contribution in [0.2, 0.25) is 0 Å². The van der Waals surface area contributed by atoms with Gasteiger partial charge in [0.1, 0.15) is 51.1 Å². The molecule has 1 aromatic heterocycles. The molecule has 0 aliphatic carbocycles. The molecule has 6 aromatic rings. The van der Waals surface area contributed by atoms with Gasteiger partial charge in [-0.3, -0.25) is 0 Å². The molecule has 0 aliphatic heterocycles. The van der Waals surface area contributed by atoms with Crippen LogP contribution in [0.15, 0.2) is 171 Å². The van der Waals surface area contributed by atoms with E-state index in [2.05, 4.69) is 35.5 Å². The van der Waals surface area contributed by atoms with Gasteiger partial charge in [0.05, 0.1) is 30.7 Å². The Bertz CT molecular complexity index is 3000. The van der Waals surface area contributed by atoms with Gasteiger partial charge in [-0.15, -0.1) is 4.91 Å². The predicted octanol–water partition coefficient (Wildman–Crippen LogP) is 8.35. The zero-order chi connectivity index (χ0) is 58.0.